The van der Waals surface area contributed by atoms with Gasteiger partial charge in [-0.3, -0.25) is 4.99 Å². The minimum absolute atomic E-state index is 0.220. The molecule has 0 aliphatic rings. The van der Waals surface area contributed by atoms with Gasteiger partial charge in [-0.1, -0.05) is 76.2 Å². The van der Waals surface area contributed by atoms with E-state index in [9.17, 15) is 4.79 Å². The summed E-state index contributed by atoms with van der Waals surface area (Å²) < 4.78 is 5.35. The second-order valence-corrected chi connectivity index (χ2v) is 8.18. The van der Waals surface area contributed by atoms with Crippen LogP contribution in [0.3, 0.4) is 0 Å². The van der Waals surface area contributed by atoms with Crippen molar-refractivity contribution in [2.24, 2.45) is 4.99 Å². The zero-order valence-electron chi connectivity index (χ0n) is 18.6. The van der Waals surface area contributed by atoms with Crippen LogP contribution in [0.4, 0.5) is 10.5 Å². The molecular weight excluding hydrogens is 386 g/mol. The molecule has 31 heavy (non-hydrogen) atoms. The number of urea groups is 1. The van der Waals surface area contributed by atoms with Crippen LogP contribution in [0.25, 0.3) is 0 Å². The van der Waals surface area contributed by atoms with E-state index in [1.54, 1.807) is 12.5 Å². The predicted molar refractivity (Wildman–Crippen MR) is 127 cm³/mol. The first kappa shape index (κ1) is 22.3. The van der Waals surface area contributed by atoms with Gasteiger partial charge in [-0.05, 0) is 40.7 Å². The van der Waals surface area contributed by atoms with Crippen LogP contribution in [0.5, 0.6) is 0 Å². The number of para-hydroxylation sites is 1. The fourth-order valence-corrected chi connectivity index (χ4v) is 3.50. The Kier molecular flexibility index (Phi) is 7.65. The maximum Gasteiger partial charge on any atom is 0.319 e. The highest BCUT2D eigenvalue weighted by Crippen LogP contribution is 2.32. The number of anilines is 1. The van der Waals surface area contributed by atoms with Gasteiger partial charge in [0.2, 0.25) is 0 Å². The Morgan fingerprint density at radius 1 is 0.935 bits per heavy atom. The molecule has 0 spiro atoms. The maximum absolute atomic E-state index is 12.8. The number of hydrogen-bond donors (Lipinski definition) is 2. The summed E-state index contributed by atoms with van der Waals surface area (Å²) in [6, 6.07) is 19.4. The SMILES string of the molecule is CC(C)c1cccc(C(C)C)c1NC(=O)NC[C@H](N=Cc1ccco1)c1ccccc1. The summed E-state index contributed by atoms with van der Waals surface area (Å²) in [7, 11) is 0. The first-order valence-electron chi connectivity index (χ1n) is 10.7. The Morgan fingerprint density at radius 3 is 2.19 bits per heavy atom. The van der Waals surface area contributed by atoms with Gasteiger partial charge in [0, 0.05) is 12.2 Å². The highest BCUT2D eigenvalue weighted by molar-refractivity contribution is 5.91. The zero-order valence-corrected chi connectivity index (χ0v) is 18.6. The molecule has 3 rings (SSSR count). The van der Waals surface area contributed by atoms with Gasteiger partial charge in [0.25, 0.3) is 0 Å². The fraction of sp³-hybridized carbons (Fsp3) is 0.308. The average Bonchev–Trinajstić information content (AvgIpc) is 3.28. The van der Waals surface area contributed by atoms with Crippen LogP contribution in [-0.4, -0.2) is 18.8 Å². The second kappa shape index (κ2) is 10.6. The fourth-order valence-electron chi connectivity index (χ4n) is 3.50. The van der Waals surface area contributed by atoms with Gasteiger partial charge < -0.3 is 15.1 Å². The molecule has 2 N–H and O–H groups in total. The van der Waals surface area contributed by atoms with Crippen molar-refractivity contribution in [3.63, 3.8) is 0 Å². The zero-order chi connectivity index (χ0) is 22.2. The van der Waals surface area contributed by atoms with Crippen molar-refractivity contribution in [2.75, 3.05) is 11.9 Å². The molecule has 2 amide bonds. The summed E-state index contributed by atoms with van der Waals surface area (Å²) in [5.74, 6) is 1.30. The molecule has 0 saturated heterocycles. The number of hydrogen-bond acceptors (Lipinski definition) is 3. The number of nitrogens with one attached hydrogen (secondary N) is 2. The summed E-state index contributed by atoms with van der Waals surface area (Å²) in [6.07, 6.45) is 3.31. The molecule has 5 nitrogen and oxygen atoms in total. The molecule has 5 heteroatoms. The summed E-state index contributed by atoms with van der Waals surface area (Å²) in [4.78, 5) is 17.5. The van der Waals surface area contributed by atoms with Crippen molar-refractivity contribution in [3.8, 4) is 0 Å². The van der Waals surface area contributed by atoms with Crippen molar-refractivity contribution in [1.82, 2.24) is 5.32 Å². The van der Waals surface area contributed by atoms with E-state index in [4.69, 9.17) is 4.42 Å². The van der Waals surface area contributed by atoms with Crippen LogP contribution >= 0.6 is 0 Å². The Balaban J connectivity index is 1.75. The Bertz CT molecular complexity index is 967. The molecule has 162 valence electrons. The van der Waals surface area contributed by atoms with E-state index in [0.29, 0.717) is 24.1 Å². The van der Waals surface area contributed by atoms with Crippen LogP contribution in [0.2, 0.25) is 0 Å². The molecule has 0 fully saturated rings. The molecule has 1 aromatic heterocycles. The minimum atomic E-state index is -0.232. The van der Waals surface area contributed by atoms with E-state index in [2.05, 4.69) is 61.5 Å². The van der Waals surface area contributed by atoms with Crippen LogP contribution < -0.4 is 10.6 Å². The van der Waals surface area contributed by atoms with E-state index in [-0.39, 0.29) is 12.1 Å². The lowest BCUT2D eigenvalue weighted by Crippen LogP contribution is -2.33. The topological polar surface area (TPSA) is 66.6 Å². The van der Waals surface area contributed by atoms with Gasteiger partial charge in [0.1, 0.15) is 5.76 Å². The standard InChI is InChI=1S/C26H31N3O2/c1-18(2)22-13-8-14-23(19(3)4)25(22)29-26(30)28-17-24(20-10-6-5-7-11-20)27-16-21-12-9-15-31-21/h5-16,18-19,24H,17H2,1-4H3,(H2,28,29,30)/t24-/m0/s1. The van der Waals surface area contributed by atoms with Crippen molar-refractivity contribution >= 4 is 17.9 Å². The van der Waals surface area contributed by atoms with Crippen LogP contribution in [0.15, 0.2) is 76.3 Å². The first-order chi connectivity index (χ1) is 15.0. The van der Waals surface area contributed by atoms with Crippen molar-refractivity contribution in [1.29, 1.82) is 0 Å². The Labute approximate surface area is 184 Å². The number of rotatable bonds is 8. The lowest BCUT2D eigenvalue weighted by Gasteiger charge is -2.21. The van der Waals surface area contributed by atoms with Crippen molar-refractivity contribution in [2.45, 2.75) is 45.6 Å². The first-order valence-corrected chi connectivity index (χ1v) is 10.7. The second-order valence-electron chi connectivity index (χ2n) is 8.18. The molecule has 0 aliphatic heterocycles. The molecule has 0 saturated carbocycles. The predicted octanol–water partition coefficient (Wildman–Crippen LogP) is 6.51. The molecular formula is C26H31N3O2. The normalized spacial score (nSPS) is 12.5. The summed E-state index contributed by atoms with van der Waals surface area (Å²) in [5.41, 5.74) is 4.20. The molecule has 1 atom stereocenters. The lowest BCUT2D eigenvalue weighted by molar-refractivity contribution is 0.251. The van der Waals surface area contributed by atoms with Gasteiger partial charge in [-0.25, -0.2) is 4.79 Å². The van der Waals surface area contributed by atoms with E-state index in [1.807, 2.05) is 42.5 Å². The van der Waals surface area contributed by atoms with Crippen LogP contribution in [-0.2, 0) is 0 Å². The third kappa shape index (κ3) is 6.07. The number of nitrogens with zero attached hydrogens (tertiary/aromatic N) is 1. The molecule has 0 radical (unpaired) electrons. The number of amides is 2. The number of aliphatic imine (C=N–C) groups is 1. The summed E-state index contributed by atoms with van der Waals surface area (Å²) in [5, 5.41) is 6.10. The monoisotopic (exact) mass is 417 g/mol. The number of carbonyl (C=O) groups excluding carboxylic acids is 1. The average molecular weight is 418 g/mol. The van der Waals surface area contributed by atoms with E-state index in [1.165, 1.54) is 0 Å². The van der Waals surface area contributed by atoms with Gasteiger partial charge in [0.15, 0.2) is 0 Å². The molecule has 0 unspecified atom stereocenters. The quantitative estimate of drug-likeness (QED) is 0.410. The van der Waals surface area contributed by atoms with Crippen LogP contribution in [0, 0.1) is 0 Å². The lowest BCUT2D eigenvalue weighted by atomic mass is 9.93. The van der Waals surface area contributed by atoms with E-state index in [0.717, 1.165) is 22.4 Å². The van der Waals surface area contributed by atoms with Gasteiger partial charge in [-0.15, -0.1) is 0 Å². The largest absolute Gasteiger partial charge is 0.463 e. The number of furan rings is 1. The van der Waals surface area contributed by atoms with Crippen molar-refractivity contribution < 1.29 is 9.21 Å². The molecule has 1 heterocycles. The Morgan fingerprint density at radius 2 is 1.61 bits per heavy atom. The Hall–Kier alpha value is -3.34. The van der Waals surface area contributed by atoms with Crippen molar-refractivity contribution in [3.05, 3.63) is 89.4 Å². The minimum Gasteiger partial charge on any atom is -0.463 e. The molecule has 0 aliphatic carbocycles. The molecule has 2 aromatic carbocycles. The highest BCUT2D eigenvalue weighted by Gasteiger charge is 2.17. The highest BCUT2D eigenvalue weighted by atomic mass is 16.3. The van der Waals surface area contributed by atoms with E-state index >= 15 is 0 Å². The van der Waals surface area contributed by atoms with E-state index < -0.39 is 0 Å². The summed E-state index contributed by atoms with van der Waals surface area (Å²) >= 11 is 0. The van der Waals surface area contributed by atoms with Gasteiger partial charge in [0.05, 0.1) is 18.5 Å². The molecule has 0 bridgehead atoms. The summed E-state index contributed by atoms with van der Waals surface area (Å²) in [6.45, 7) is 8.91. The number of benzene rings is 2. The third-order valence-corrected chi connectivity index (χ3v) is 5.18. The van der Waals surface area contributed by atoms with Gasteiger partial charge in [-0.2, -0.15) is 0 Å². The maximum atomic E-state index is 12.8. The molecule has 3 aromatic rings. The van der Waals surface area contributed by atoms with Crippen LogP contribution in [0.1, 0.15) is 68.0 Å². The van der Waals surface area contributed by atoms with Gasteiger partial charge >= 0.3 is 6.03 Å². The number of carbonyl (C=O) groups is 1. The smallest absolute Gasteiger partial charge is 0.319 e. The third-order valence-electron chi connectivity index (χ3n) is 5.18.